The number of methoxy groups -OCH3 is 2. The maximum atomic E-state index is 13.7. The molecule has 0 saturated carbocycles. The molecular formula is C26H27FN2O7S. The predicted molar refractivity (Wildman–Crippen MR) is 134 cm³/mol. The van der Waals surface area contributed by atoms with E-state index in [1.54, 1.807) is 25.1 Å². The Hall–Kier alpha value is -3.99. The molecule has 0 radical (unpaired) electrons. The molecule has 0 spiro atoms. The van der Waals surface area contributed by atoms with Gasteiger partial charge in [0.2, 0.25) is 5.91 Å². The van der Waals surface area contributed by atoms with Gasteiger partial charge in [0.15, 0.2) is 23.0 Å². The van der Waals surface area contributed by atoms with Crippen molar-refractivity contribution in [2.45, 2.75) is 17.9 Å². The minimum absolute atomic E-state index is 0.0955. The minimum Gasteiger partial charge on any atom is -0.493 e. The van der Waals surface area contributed by atoms with E-state index in [0.717, 1.165) is 22.0 Å². The van der Waals surface area contributed by atoms with Crippen molar-refractivity contribution in [1.29, 1.82) is 0 Å². The molecule has 11 heteroatoms. The third kappa shape index (κ3) is 5.72. The molecule has 0 saturated heterocycles. The van der Waals surface area contributed by atoms with Crippen LogP contribution in [0, 0.1) is 5.82 Å². The summed E-state index contributed by atoms with van der Waals surface area (Å²) in [5.74, 6) is 0.658. The molecule has 9 nitrogen and oxygen atoms in total. The van der Waals surface area contributed by atoms with Crippen molar-refractivity contribution in [2.24, 2.45) is 0 Å². The highest BCUT2D eigenvalue weighted by Gasteiger charge is 2.29. The molecule has 0 aliphatic carbocycles. The van der Waals surface area contributed by atoms with Crippen molar-refractivity contribution < 1.29 is 36.6 Å². The number of ether oxygens (including phenoxy) is 4. The Morgan fingerprint density at radius 2 is 1.65 bits per heavy atom. The van der Waals surface area contributed by atoms with E-state index in [2.05, 4.69) is 5.32 Å². The van der Waals surface area contributed by atoms with Crippen LogP contribution in [-0.4, -0.2) is 48.3 Å². The van der Waals surface area contributed by atoms with Gasteiger partial charge in [0, 0.05) is 6.07 Å². The summed E-state index contributed by atoms with van der Waals surface area (Å²) < 4.78 is 63.4. The molecule has 0 unspecified atom stereocenters. The molecule has 37 heavy (non-hydrogen) atoms. The summed E-state index contributed by atoms with van der Waals surface area (Å²) >= 11 is 0. The fraction of sp³-hybridized carbons (Fsp3) is 0.269. The number of hydrogen-bond acceptors (Lipinski definition) is 7. The van der Waals surface area contributed by atoms with Crippen LogP contribution < -0.4 is 28.6 Å². The van der Waals surface area contributed by atoms with E-state index in [0.29, 0.717) is 23.9 Å². The lowest BCUT2D eigenvalue weighted by Crippen LogP contribution is -2.41. The second-order valence-corrected chi connectivity index (χ2v) is 10.1. The van der Waals surface area contributed by atoms with Gasteiger partial charge in [0.25, 0.3) is 10.0 Å². The highest BCUT2D eigenvalue weighted by molar-refractivity contribution is 7.92. The van der Waals surface area contributed by atoms with Gasteiger partial charge in [-0.15, -0.1) is 0 Å². The summed E-state index contributed by atoms with van der Waals surface area (Å²) in [4.78, 5) is 13.0. The smallest absolute Gasteiger partial charge is 0.264 e. The molecule has 3 aromatic carbocycles. The van der Waals surface area contributed by atoms with Gasteiger partial charge in [0.1, 0.15) is 25.6 Å². The van der Waals surface area contributed by atoms with E-state index in [4.69, 9.17) is 18.9 Å². The van der Waals surface area contributed by atoms with Crippen molar-refractivity contribution in [3.05, 3.63) is 72.0 Å². The number of fused-ring (bicyclic) bond motifs is 1. The van der Waals surface area contributed by atoms with Crippen LogP contribution in [0.2, 0.25) is 0 Å². The SMILES string of the molecule is COc1ccc([C@H](C)NC(=O)CN(c2ccc(F)cc2)S(=O)(=O)c2ccc3c(c2)OCCO3)cc1OC. The number of rotatable bonds is 9. The zero-order chi connectivity index (χ0) is 26.6. The molecule has 0 fully saturated rings. The van der Waals surface area contributed by atoms with Crippen LogP contribution in [-0.2, 0) is 14.8 Å². The lowest BCUT2D eigenvalue weighted by atomic mass is 10.1. The molecule has 0 aromatic heterocycles. The number of benzene rings is 3. The normalized spacial score (nSPS) is 13.4. The largest absolute Gasteiger partial charge is 0.493 e. The Kier molecular flexibility index (Phi) is 7.72. The average molecular weight is 531 g/mol. The number of halogens is 1. The Labute approximate surface area is 214 Å². The van der Waals surface area contributed by atoms with Gasteiger partial charge >= 0.3 is 0 Å². The Morgan fingerprint density at radius 3 is 2.32 bits per heavy atom. The average Bonchev–Trinajstić information content (AvgIpc) is 2.91. The standard InChI is InChI=1S/C26H27FN2O7S/c1-17(18-4-10-22(33-2)24(14-18)34-3)28-26(30)16-29(20-7-5-19(27)6-8-20)37(31,32)21-9-11-23-25(15-21)36-13-12-35-23/h4-11,14-15,17H,12-13,16H2,1-3H3,(H,28,30)/t17-/m0/s1. The van der Waals surface area contributed by atoms with E-state index < -0.39 is 34.3 Å². The van der Waals surface area contributed by atoms with Crippen molar-refractivity contribution in [3.8, 4) is 23.0 Å². The quantitative estimate of drug-likeness (QED) is 0.450. The third-order valence-corrected chi connectivity index (χ3v) is 7.56. The van der Waals surface area contributed by atoms with Crippen molar-refractivity contribution >= 4 is 21.6 Å². The molecule has 4 rings (SSSR count). The molecule has 1 aliphatic rings. The van der Waals surface area contributed by atoms with Crippen LogP contribution in [0.5, 0.6) is 23.0 Å². The molecule has 1 heterocycles. The summed E-state index contributed by atoms with van der Waals surface area (Å²) in [6.45, 7) is 1.87. The number of sulfonamides is 1. The van der Waals surface area contributed by atoms with Gasteiger partial charge in [-0.3, -0.25) is 9.10 Å². The number of anilines is 1. The molecule has 1 atom stereocenters. The van der Waals surface area contributed by atoms with Gasteiger partial charge in [0.05, 0.1) is 30.8 Å². The molecule has 196 valence electrons. The molecular weight excluding hydrogens is 503 g/mol. The Morgan fingerprint density at radius 1 is 0.973 bits per heavy atom. The van der Waals surface area contributed by atoms with E-state index >= 15 is 0 Å². The second kappa shape index (κ2) is 11.0. The highest BCUT2D eigenvalue weighted by Crippen LogP contribution is 2.34. The first-order valence-corrected chi connectivity index (χ1v) is 12.9. The fourth-order valence-corrected chi connectivity index (χ4v) is 5.29. The third-order valence-electron chi connectivity index (χ3n) is 5.79. The van der Waals surface area contributed by atoms with Crippen LogP contribution in [0.15, 0.2) is 65.6 Å². The summed E-state index contributed by atoms with van der Waals surface area (Å²) in [5.41, 5.74) is 0.860. The van der Waals surface area contributed by atoms with Gasteiger partial charge in [-0.05, 0) is 61.0 Å². The Balaban J connectivity index is 1.60. The van der Waals surface area contributed by atoms with Crippen LogP contribution in [0.3, 0.4) is 0 Å². The maximum Gasteiger partial charge on any atom is 0.264 e. The number of nitrogens with one attached hydrogen (secondary N) is 1. The molecule has 0 bridgehead atoms. The van der Waals surface area contributed by atoms with Crippen LogP contribution in [0.25, 0.3) is 0 Å². The topological polar surface area (TPSA) is 103 Å². The van der Waals surface area contributed by atoms with E-state index in [9.17, 15) is 17.6 Å². The van der Waals surface area contributed by atoms with E-state index in [1.165, 1.54) is 44.6 Å². The fourth-order valence-electron chi connectivity index (χ4n) is 3.86. The second-order valence-electron chi connectivity index (χ2n) is 8.20. The van der Waals surface area contributed by atoms with Gasteiger partial charge in [-0.2, -0.15) is 0 Å². The highest BCUT2D eigenvalue weighted by atomic mass is 32.2. The van der Waals surface area contributed by atoms with Gasteiger partial charge < -0.3 is 24.3 Å². The van der Waals surface area contributed by atoms with E-state index in [1.807, 2.05) is 0 Å². The first-order chi connectivity index (χ1) is 17.7. The van der Waals surface area contributed by atoms with Crippen LogP contribution in [0.1, 0.15) is 18.5 Å². The van der Waals surface area contributed by atoms with Crippen LogP contribution in [0.4, 0.5) is 10.1 Å². The number of carbonyl (C=O) groups is 1. The molecule has 1 amide bonds. The number of nitrogens with zero attached hydrogens (tertiary/aromatic N) is 1. The van der Waals surface area contributed by atoms with Crippen molar-refractivity contribution in [1.82, 2.24) is 5.32 Å². The minimum atomic E-state index is -4.24. The summed E-state index contributed by atoms with van der Waals surface area (Å²) in [7, 11) is -1.21. The van der Waals surface area contributed by atoms with Crippen molar-refractivity contribution in [2.75, 3.05) is 38.3 Å². The molecule has 1 aliphatic heterocycles. The van der Waals surface area contributed by atoms with Crippen LogP contribution >= 0.6 is 0 Å². The summed E-state index contributed by atoms with van der Waals surface area (Å²) in [6.07, 6.45) is 0. The lowest BCUT2D eigenvalue weighted by Gasteiger charge is -2.26. The zero-order valence-electron chi connectivity index (χ0n) is 20.6. The monoisotopic (exact) mass is 530 g/mol. The lowest BCUT2D eigenvalue weighted by molar-refractivity contribution is -0.120. The molecule has 3 aromatic rings. The first kappa shape index (κ1) is 26.1. The number of amides is 1. The number of hydrogen-bond donors (Lipinski definition) is 1. The summed E-state index contributed by atoms with van der Waals surface area (Å²) in [5, 5.41) is 2.81. The number of carbonyl (C=O) groups excluding carboxylic acids is 1. The summed E-state index contributed by atoms with van der Waals surface area (Å²) in [6, 6.07) is 13.8. The Bertz CT molecular complexity index is 1380. The van der Waals surface area contributed by atoms with Gasteiger partial charge in [-0.1, -0.05) is 6.07 Å². The zero-order valence-corrected chi connectivity index (χ0v) is 21.4. The van der Waals surface area contributed by atoms with Gasteiger partial charge in [-0.25, -0.2) is 12.8 Å². The predicted octanol–water partition coefficient (Wildman–Crippen LogP) is 3.69. The molecule has 1 N–H and O–H groups in total. The first-order valence-electron chi connectivity index (χ1n) is 11.4. The maximum absolute atomic E-state index is 13.7. The van der Waals surface area contributed by atoms with E-state index in [-0.39, 0.29) is 22.9 Å². The van der Waals surface area contributed by atoms with Crippen molar-refractivity contribution in [3.63, 3.8) is 0 Å².